The number of hydrogen-bond donors (Lipinski definition) is 0. The molecule has 0 fully saturated rings. The Bertz CT molecular complexity index is 756. The van der Waals surface area contributed by atoms with Gasteiger partial charge in [0.25, 0.3) is 5.91 Å². The van der Waals surface area contributed by atoms with Crippen LogP contribution in [0.5, 0.6) is 0 Å². The number of carbonyl (C=O) groups is 2. The number of amides is 2. The first-order valence-corrected chi connectivity index (χ1v) is 8.38. The van der Waals surface area contributed by atoms with E-state index in [1.807, 2.05) is 0 Å². The fourth-order valence-corrected chi connectivity index (χ4v) is 3.31. The standard InChI is InChI=1S/C16H20F3N5O2/c1-22(15(26)11-4-6-14(25)23(2)21-11)7-10-3-5-13-20-12(16(17,18)19)9-24(13)8-10/h9-10H,3-8H2,1-2H3. The topological polar surface area (TPSA) is 70.8 Å². The molecule has 10 heteroatoms. The summed E-state index contributed by atoms with van der Waals surface area (Å²) >= 11 is 0. The minimum absolute atomic E-state index is 0.0373. The van der Waals surface area contributed by atoms with Crippen molar-refractivity contribution in [2.75, 3.05) is 20.6 Å². The van der Waals surface area contributed by atoms with Gasteiger partial charge in [-0.05, 0) is 12.3 Å². The molecule has 1 aromatic rings. The molecule has 1 atom stereocenters. The maximum atomic E-state index is 12.8. The predicted octanol–water partition coefficient (Wildman–Crippen LogP) is 1.53. The van der Waals surface area contributed by atoms with Gasteiger partial charge in [0.15, 0.2) is 5.69 Å². The number of halogens is 3. The Morgan fingerprint density at radius 1 is 1.35 bits per heavy atom. The third kappa shape index (κ3) is 3.73. The molecule has 0 N–H and O–H groups in total. The van der Waals surface area contributed by atoms with E-state index in [4.69, 9.17) is 0 Å². The van der Waals surface area contributed by atoms with Crippen LogP contribution in [-0.2, 0) is 28.7 Å². The molecule has 0 spiro atoms. The lowest BCUT2D eigenvalue weighted by atomic mass is 9.98. The maximum absolute atomic E-state index is 12.8. The van der Waals surface area contributed by atoms with Crippen LogP contribution >= 0.6 is 0 Å². The highest BCUT2D eigenvalue weighted by atomic mass is 19.4. The monoisotopic (exact) mass is 371 g/mol. The largest absolute Gasteiger partial charge is 0.434 e. The van der Waals surface area contributed by atoms with Crippen molar-refractivity contribution in [1.29, 1.82) is 0 Å². The van der Waals surface area contributed by atoms with E-state index in [-0.39, 0.29) is 24.2 Å². The highest BCUT2D eigenvalue weighted by Crippen LogP contribution is 2.30. The van der Waals surface area contributed by atoms with Crippen molar-refractivity contribution >= 4 is 17.5 Å². The van der Waals surface area contributed by atoms with E-state index in [0.29, 0.717) is 43.9 Å². The molecule has 26 heavy (non-hydrogen) atoms. The molecule has 2 amide bonds. The Labute approximate surface area is 148 Å². The van der Waals surface area contributed by atoms with Crippen molar-refractivity contribution in [2.24, 2.45) is 11.0 Å². The minimum atomic E-state index is -4.45. The van der Waals surface area contributed by atoms with Gasteiger partial charge in [0.05, 0.1) is 0 Å². The molecule has 0 saturated carbocycles. The average molecular weight is 371 g/mol. The first-order chi connectivity index (χ1) is 12.1. The third-order valence-corrected chi connectivity index (χ3v) is 4.71. The highest BCUT2D eigenvalue weighted by molar-refractivity contribution is 6.39. The zero-order valence-electron chi connectivity index (χ0n) is 14.6. The molecule has 0 radical (unpaired) electrons. The van der Waals surface area contributed by atoms with Gasteiger partial charge < -0.3 is 9.47 Å². The normalized spacial score (nSPS) is 20.7. The fourth-order valence-electron chi connectivity index (χ4n) is 3.31. The van der Waals surface area contributed by atoms with Crippen LogP contribution in [0.3, 0.4) is 0 Å². The van der Waals surface area contributed by atoms with Gasteiger partial charge in [-0.3, -0.25) is 9.59 Å². The lowest BCUT2D eigenvalue weighted by Crippen LogP contribution is -2.41. The van der Waals surface area contributed by atoms with Gasteiger partial charge >= 0.3 is 6.18 Å². The molecule has 0 bridgehead atoms. The smallest absolute Gasteiger partial charge is 0.340 e. The zero-order chi connectivity index (χ0) is 19.1. The second kappa shape index (κ2) is 6.73. The first-order valence-electron chi connectivity index (χ1n) is 8.38. The van der Waals surface area contributed by atoms with Gasteiger partial charge in [0.2, 0.25) is 5.91 Å². The summed E-state index contributed by atoms with van der Waals surface area (Å²) in [6.07, 6.45) is -1.75. The number of fused-ring (bicyclic) bond motifs is 1. The Morgan fingerprint density at radius 2 is 2.08 bits per heavy atom. The molecule has 2 aliphatic rings. The summed E-state index contributed by atoms with van der Waals surface area (Å²) in [7, 11) is 3.15. The van der Waals surface area contributed by atoms with Crippen LogP contribution in [-0.4, -0.2) is 57.6 Å². The third-order valence-electron chi connectivity index (χ3n) is 4.71. The van der Waals surface area contributed by atoms with E-state index in [1.54, 1.807) is 7.05 Å². The summed E-state index contributed by atoms with van der Waals surface area (Å²) < 4.78 is 39.9. The van der Waals surface area contributed by atoms with Crippen LogP contribution in [0.1, 0.15) is 30.8 Å². The van der Waals surface area contributed by atoms with Gasteiger partial charge in [0, 0.05) is 52.6 Å². The van der Waals surface area contributed by atoms with Crippen LogP contribution in [0.15, 0.2) is 11.3 Å². The van der Waals surface area contributed by atoms with Gasteiger partial charge in [0.1, 0.15) is 11.5 Å². The molecule has 7 nitrogen and oxygen atoms in total. The second-order valence-electron chi connectivity index (χ2n) is 6.75. The molecule has 1 unspecified atom stereocenters. The molecule has 142 valence electrons. The molecule has 0 saturated heterocycles. The van der Waals surface area contributed by atoms with Crippen molar-refractivity contribution in [3.63, 3.8) is 0 Å². The number of aromatic nitrogens is 2. The molecule has 0 aromatic carbocycles. The van der Waals surface area contributed by atoms with Crippen LogP contribution in [0.4, 0.5) is 13.2 Å². The quantitative estimate of drug-likeness (QED) is 0.809. The average Bonchev–Trinajstić information content (AvgIpc) is 3.00. The summed E-state index contributed by atoms with van der Waals surface area (Å²) in [5, 5.41) is 5.18. The summed E-state index contributed by atoms with van der Waals surface area (Å²) in [5.41, 5.74) is -0.546. The van der Waals surface area contributed by atoms with E-state index < -0.39 is 11.9 Å². The van der Waals surface area contributed by atoms with Crippen molar-refractivity contribution in [3.8, 4) is 0 Å². The number of nitrogens with zero attached hydrogens (tertiary/aromatic N) is 5. The zero-order valence-corrected chi connectivity index (χ0v) is 14.6. The minimum Gasteiger partial charge on any atom is -0.340 e. The summed E-state index contributed by atoms with van der Waals surface area (Å²) in [6.45, 7) is 0.801. The fraction of sp³-hybridized carbons (Fsp3) is 0.625. The van der Waals surface area contributed by atoms with Crippen LogP contribution < -0.4 is 0 Å². The van der Waals surface area contributed by atoms with Gasteiger partial charge in [-0.25, -0.2) is 9.99 Å². The number of aryl methyl sites for hydroxylation is 1. The van der Waals surface area contributed by atoms with Gasteiger partial charge in [-0.1, -0.05) is 0 Å². The van der Waals surface area contributed by atoms with E-state index in [0.717, 1.165) is 6.20 Å². The Morgan fingerprint density at radius 3 is 2.73 bits per heavy atom. The molecule has 1 aromatic heterocycles. The lowest BCUT2D eigenvalue weighted by molar-refractivity contribution is -0.141. The number of carbonyl (C=O) groups excluding carboxylic acids is 2. The molecule has 3 rings (SSSR count). The highest BCUT2D eigenvalue weighted by Gasteiger charge is 2.36. The van der Waals surface area contributed by atoms with E-state index in [2.05, 4.69) is 10.1 Å². The molecule has 0 aliphatic carbocycles. The van der Waals surface area contributed by atoms with Crippen molar-refractivity contribution in [2.45, 2.75) is 38.4 Å². The SMILES string of the molecule is CN(CC1CCc2nc(C(F)(F)F)cn2C1)C(=O)C1=NN(C)C(=O)CC1. The lowest BCUT2D eigenvalue weighted by Gasteiger charge is -2.29. The van der Waals surface area contributed by atoms with Crippen LogP contribution in [0.2, 0.25) is 0 Å². The summed E-state index contributed by atoms with van der Waals surface area (Å²) in [5.74, 6) is 0.0796. The number of rotatable bonds is 3. The maximum Gasteiger partial charge on any atom is 0.434 e. The number of imidazole rings is 1. The Kier molecular flexibility index (Phi) is 4.76. The Hall–Kier alpha value is -2.39. The number of alkyl halides is 3. The van der Waals surface area contributed by atoms with Gasteiger partial charge in [-0.15, -0.1) is 0 Å². The summed E-state index contributed by atoms with van der Waals surface area (Å²) in [4.78, 5) is 29.1. The molecule has 2 aliphatic heterocycles. The summed E-state index contributed by atoms with van der Waals surface area (Å²) in [6, 6.07) is 0. The van der Waals surface area contributed by atoms with Crippen LogP contribution in [0.25, 0.3) is 0 Å². The van der Waals surface area contributed by atoms with Gasteiger partial charge in [-0.2, -0.15) is 18.3 Å². The van der Waals surface area contributed by atoms with Crippen molar-refractivity contribution in [3.05, 3.63) is 17.7 Å². The van der Waals surface area contributed by atoms with Crippen molar-refractivity contribution < 1.29 is 22.8 Å². The van der Waals surface area contributed by atoms with E-state index >= 15 is 0 Å². The number of hydrogen-bond acceptors (Lipinski definition) is 4. The first kappa shape index (κ1) is 18.4. The van der Waals surface area contributed by atoms with E-state index in [1.165, 1.54) is 21.5 Å². The predicted molar refractivity (Wildman–Crippen MR) is 86.1 cm³/mol. The molecular formula is C16H20F3N5O2. The van der Waals surface area contributed by atoms with Crippen LogP contribution in [0, 0.1) is 5.92 Å². The van der Waals surface area contributed by atoms with E-state index in [9.17, 15) is 22.8 Å². The molecule has 3 heterocycles. The molecular weight excluding hydrogens is 351 g/mol. The van der Waals surface area contributed by atoms with Crippen molar-refractivity contribution in [1.82, 2.24) is 19.5 Å². The Balaban J connectivity index is 1.63. The second-order valence-corrected chi connectivity index (χ2v) is 6.75. The number of hydrazone groups is 1.